The number of hydrogen-bond acceptors (Lipinski definition) is 5. The Kier molecular flexibility index (Phi) is 3.85. The number of nitrogen functional groups attached to an aromatic ring is 1. The van der Waals surface area contributed by atoms with Crippen LogP contribution in [0, 0.1) is 5.41 Å². The molecular formula is C13H20N4O3S. The third-order valence-corrected chi connectivity index (χ3v) is 4.91. The number of anilines is 2. The van der Waals surface area contributed by atoms with Gasteiger partial charge in [0, 0.05) is 20.1 Å². The number of para-hydroxylation sites is 1. The Morgan fingerprint density at radius 2 is 2.10 bits per heavy atom. The molecule has 5 N–H and O–H groups in total. The van der Waals surface area contributed by atoms with Crippen LogP contribution in [0.3, 0.4) is 0 Å². The highest BCUT2D eigenvalue weighted by molar-refractivity contribution is 7.89. The van der Waals surface area contributed by atoms with E-state index < -0.39 is 15.4 Å². The first-order valence-electron chi connectivity index (χ1n) is 6.57. The molecule has 116 valence electrons. The van der Waals surface area contributed by atoms with E-state index in [-0.39, 0.29) is 16.5 Å². The molecule has 1 amide bonds. The summed E-state index contributed by atoms with van der Waals surface area (Å²) in [6.45, 7) is 2.98. The summed E-state index contributed by atoms with van der Waals surface area (Å²) in [6.07, 6.45) is 0.672. The van der Waals surface area contributed by atoms with Gasteiger partial charge in [-0.15, -0.1) is 0 Å². The maximum atomic E-state index is 11.9. The molecule has 1 heterocycles. The van der Waals surface area contributed by atoms with Gasteiger partial charge in [-0.3, -0.25) is 4.79 Å². The Morgan fingerprint density at radius 1 is 1.43 bits per heavy atom. The van der Waals surface area contributed by atoms with Crippen LogP contribution < -0.4 is 21.1 Å². The van der Waals surface area contributed by atoms with Crippen molar-refractivity contribution in [2.45, 2.75) is 18.2 Å². The van der Waals surface area contributed by atoms with Gasteiger partial charge in [0.25, 0.3) is 0 Å². The van der Waals surface area contributed by atoms with E-state index in [1.165, 1.54) is 6.07 Å². The van der Waals surface area contributed by atoms with E-state index in [0.29, 0.717) is 25.2 Å². The third kappa shape index (κ3) is 2.81. The molecule has 1 atom stereocenters. The van der Waals surface area contributed by atoms with Crippen molar-refractivity contribution >= 4 is 27.3 Å². The van der Waals surface area contributed by atoms with Crippen molar-refractivity contribution in [3.63, 3.8) is 0 Å². The number of nitrogens with zero attached hydrogens (tertiary/aromatic N) is 1. The van der Waals surface area contributed by atoms with E-state index in [9.17, 15) is 13.2 Å². The number of primary sulfonamides is 1. The van der Waals surface area contributed by atoms with E-state index in [2.05, 4.69) is 5.32 Å². The van der Waals surface area contributed by atoms with E-state index in [1.807, 2.05) is 11.8 Å². The summed E-state index contributed by atoms with van der Waals surface area (Å²) in [5.41, 5.74) is 6.15. The minimum Gasteiger partial charge on any atom is -0.396 e. The molecule has 21 heavy (non-hydrogen) atoms. The van der Waals surface area contributed by atoms with Crippen LogP contribution in [-0.2, 0) is 14.8 Å². The number of hydrogen-bond donors (Lipinski definition) is 3. The minimum absolute atomic E-state index is 0.0360. The molecule has 2 rings (SSSR count). The average Bonchev–Trinajstić information content (AvgIpc) is 2.80. The van der Waals surface area contributed by atoms with Crippen LogP contribution in [0.15, 0.2) is 23.1 Å². The zero-order valence-corrected chi connectivity index (χ0v) is 12.9. The summed E-state index contributed by atoms with van der Waals surface area (Å²) in [6, 6.07) is 4.71. The molecule has 0 saturated carbocycles. The van der Waals surface area contributed by atoms with Crippen LogP contribution in [0.4, 0.5) is 11.4 Å². The van der Waals surface area contributed by atoms with Gasteiger partial charge in [-0.05, 0) is 25.5 Å². The summed E-state index contributed by atoms with van der Waals surface area (Å²) >= 11 is 0. The molecule has 1 aromatic carbocycles. The van der Waals surface area contributed by atoms with Crippen molar-refractivity contribution in [2.75, 3.05) is 30.8 Å². The smallest absolute Gasteiger partial charge is 0.240 e. The second kappa shape index (κ2) is 5.19. The van der Waals surface area contributed by atoms with E-state index in [4.69, 9.17) is 10.9 Å². The summed E-state index contributed by atoms with van der Waals surface area (Å²) in [5.74, 6) is -0.0360. The van der Waals surface area contributed by atoms with Gasteiger partial charge in [0.1, 0.15) is 4.90 Å². The lowest BCUT2D eigenvalue weighted by Crippen LogP contribution is -2.39. The van der Waals surface area contributed by atoms with Crippen molar-refractivity contribution in [3.8, 4) is 0 Å². The first-order chi connectivity index (χ1) is 9.69. The Balaban J connectivity index is 2.36. The Bertz CT molecular complexity index is 674. The van der Waals surface area contributed by atoms with E-state index in [0.717, 1.165) is 0 Å². The molecule has 1 fully saturated rings. The first-order valence-corrected chi connectivity index (χ1v) is 8.12. The van der Waals surface area contributed by atoms with Crippen LogP contribution in [0.1, 0.15) is 13.3 Å². The zero-order chi connectivity index (χ0) is 15.8. The molecule has 0 radical (unpaired) electrons. The van der Waals surface area contributed by atoms with Crippen LogP contribution in [-0.4, -0.2) is 34.5 Å². The standard InChI is InChI=1S/C13H20N4O3S/c1-13(12(18)16-2)6-7-17(8-13)9-4-3-5-10(11(9)14)21(15,19)20/h3-5H,6-8,14H2,1-2H3,(H,16,18)(H2,15,19,20). The summed E-state index contributed by atoms with van der Waals surface area (Å²) < 4.78 is 23.0. The highest BCUT2D eigenvalue weighted by atomic mass is 32.2. The Hall–Kier alpha value is -1.80. The largest absolute Gasteiger partial charge is 0.396 e. The van der Waals surface area contributed by atoms with Gasteiger partial charge in [0.15, 0.2) is 0 Å². The number of nitrogens with two attached hydrogens (primary N) is 2. The number of carbonyl (C=O) groups excluding carboxylic acids is 1. The van der Waals surface area contributed by atoms with Crippen LogP contribution in [0.2, 0.25) is 0 Å². The van der Waals surface area contributed by atoms with Gasteiger partial charge in [-0.1, -0.05) is 6.07 Å². The number of nitrogens with one attached hydrogen (secondary N) is 1. The van der Waals surface area contributed by atoms with Gasteiger partial charge in [0.05, 0.1) is 16.8 Å². The lowest BCUT2D eigenvalue weighted by molar-refractivity contribution is -0.128. The average molecular weight is 312 g/mol. The first kappa shape index (κ1) is 15.6. The van der Waals surface area contributed by atoms with Crippen LogP contribution in [0.5, 0.6) is 0 Å². The fourth-order valence-corrected chi connectivity index (χ4v) is 3.39. The maximum absolute atomic E-state index is 11.9. The van der Waals surface area contributed by atoms with Gasteiger partial charge >= 0.3 is 0 Å². The normalized spacial score (nSPS) is 22.3. The summed E-state index contributed by atoms with van der Waals surface area (Å²) in [5, 5.41) is 7.81. The fourth-order valence-electron chi connectivity index (χ4n) is 2.71. The van der Waals surface area contributed by atoms with Gasteiger partial charge < -0.3 is 16.0 Å². The summed E-state index contributed by atoms with van der Waals surface area (Å²) in [7, 11) is -2.26. The molecule has 1 aromatic rings. The molecule has 0 aromatic heterocycles. The van der Waals surface area contributed by atoms with Gasteiger partial charge in [-0.25, -0.2) is 13.6 Å². The predicted molar refractivity (Wildman–Crippen MR) is 81.2 cm³/mol. The second-order valence-corrected chi connectivity index (χ2v) is 7.08. The Labute approximate surface area is 124 Å². The van der Waals surface area contributed by atoms with Gasteiger partial charge in [-0.2, -0.15) is 0 Å². The SMILES string of the molecule is CNC(=O)C1(C)CCN(c2cccc(S(N)(=O)=O)c2N)C1. The number of amides is 1. The molecule has 8 heteroatoms. The monoisotopic (exact) mass is 312 g/mol. The van der Waals surface area contributed by atoms with Crippen molar-refractivity contribution < 1.29 is 13.2 Å². The molecule has 1 aliphatic heterocycles. The van der Waals surface area contributed by atoms with Crippen LogP contribution >= 0.6 is 0 Å². The second-order valence-electron chi connectivity index (χ2n) is 5.55. The molecule has 1 saturated heterocycles. The maximum Gasteiger partial charge on any atom is 0.240 e. The van der Waals surface area contributed by atoms with E-state index in [1.54, 1.807) is 19.2 Å². The molecular weight excluding hydrogens is 292 g/mol. The minimum atomic E-state index is -3.87. The van der Waals surface area contributed by atoms with Crippen molar-refractivity contribution in [2.24, 2.45) is 10.6 Å². The van der Waals surface area contributed by atoms with Crippen molar-refractivity contribution in [1.29, 1.82) is 0 Å². The predicted octanol–water partition coefficient (Wildman–Crippen LogP) is -0.121. The fraction of sp³-hybridized carbons (Fsp3) is 0.462. The summed E-state index contributed by atoms with van der Waals surface area (Å²) in [4.78, 5) is 13.8. The molecule has 7 nitrogen and oxygen atoms in total. The molecule has 0 spiro atoms. The zero-order valence-electron chi connectivity index (χ0n) is 12.1. The topological polar surface area (TPSA) is 119 Å². The van der Waals surface area contributed by atoms with Crippen molar-refractivity contribution in [1.82, 2.24) is 5.32 Å². The molecule has 1 unspecified atom stereocenters. The lowest BCUT2D eigenvalue weighted by atomic mass is 9.89. The highest BCUT2D eigenvalue weighted by Crippen LogP contribution is 2.37. The van der Waals surface area contributed by atoms with E-state index >= 15 is 0 Å². The number of sulfonamides is 1. The molecule has 0 aliphatic carbocycles. The third-order valence-electron chi connectivity index (χ3n) is 3.94. The lowest BCUT2D eigenvalue weighted by Gasteiger charge is -2.25. The quantitative estimate of drug-likeness (QED) is 0.672. The molecule has 1 aliphatic rings. The Morgan fingerprint density at radius 3 is 2.67 bits per heavy atom. The molecule has 0 bridgehead atoms. The van der Waals surface area contributed by atoms with Crippen molar-refractivity contribution in [3.05, 3.63) is 18.2 Å². The number of rotatable bonds is 3. The van der Waals surface area contributed by atoms with Crippen LogP contribution in [0.25, 0.3) is 0 Å². The number of benzene rings is 1. The highest BCUT2D eigenvalue weighted by Gasteiger charge is 2.40. The number of carbonyl (C=O) groups is 1. The van der Waals surface area contributed by atoms with Gasteiger partial charge in [0.2, 0.25) is 15.9 Å².